The Hall–Kier alpha value is -1.17. The van der Waals surface area contributed by atoms with Gasteiger partial charge in [0.05, 0.1) is 24.9 Å². The number of carbonyl (C=O) groups is 1. The minimum absolute atomic E-state index is 0.0560. The summed E-state index contributed by atoms with van der Waals surface area (Å²) in [6.45, 7) is 3.93. The first kappa shape index (κ1) is 23.9. The molecule has 156 valence electrons. The van der Waals surface area contributed by atoms with Crippen molar-refractivity contribution < 1.29 is 24.9 Å². The summed E-state index contributed by atoms with van der Waals surface area (Å²) in [5, 5.41) is 31.1. The molecule has 0 saturated heterocycles. The minimum Gasteiger partial charge on any atom is -0.469 e. The van der Waals surface area contributed by atoms with Gasteiger partial charge in [-0.1, -0.05) is 50.5 Å². The Balaban J connectivity index is 2.54. The molecule has 1 fully saturated rings. The number of hydrogen-bond acceptors (Lipinski definition) is 5. The Kier molecular flexibility index (Phi) is 10.9. The van der Waals surface area contributed by atoms with Crippen molar-refractivity contribution in [2.45, 2.75) is 89.4 Å². The molecule has 0 aromatic rings. The SMILES string of the molecule is CCCCC[C@](C)(O)C=C[C@@H]1[C@@H](C/C=C/CCCC(=O)OC)[C@@H](O)C[C@H]1O. The van der Waals surface area contributed by atoms with Crippen LogP contribution >= 0.6 is 0 Å². The average molecular weight is 383 g/mol. The third kappa shape index (κ3) is 9.04. The van der Waals surface area contributed by atoms with Crippen molar-refractivity contribution in [1.82, 2.24) is 0 Å². The summed E-state index contributed by atoms with van der Waals surface area (Å²) < 4.78 is 4.61. The molecule has 5 nitrogen and oxygen atoms in total. The maximum atomic E-state index is 11.1. The molecule has 5 heteroatoms. The van der Waals surface area contributed by atoms with Crippen molar-refractivity contribution in [3.63, 3.8) is 0 Å². The number of aliphatic hydroxyl groups is 3. The number of carbonyl (C=O) groups excluding carboxylic acids is 1. The zero-order valence-corrected chi connectivity index (χ0v) is 17.1. The van der Waals surface area contributed by atoms with Crippen molar-refractivity contribution in [3.05, 3.63) is 24.3 Å². The van der Waals surface area contributed by atoms with Gasteiger partial charge in [0, 0.05) is 18.8 Å². The number of methoxy groups -OCH3 is 1. The number of aliphatic hydroxyl groups excluding tert-OH is 2. The Labute approximate surface area is 164 Å². The molecular formula is C22H38O5. The number of ether oxygens (including phenoxy) is 1. The molecule has 3 N–H and O–H groups in total. The van der Waals surface area contributed by atoms with Crippen LogP contribution in [0.5, 0.6) is 0 Å². The van der Waals surface area contributed by atoms with E-state index in [9.17, 15) is 20.1 Å². The Bertz CT molecular complexity index is 483. The molecule has 5 atom stereocenters. The summed E-state index contributed by atoms with van der Waals surface area (Å²) in [6, 6.07) is 0. The molecule has 1 aliphatic rings. The molecule has 0 aromatic heterocycles. The number of unbranched alkanes of at least 4 members (excludes halogenated alkanes) is 3. The molecule has 0 bridgehead atoms. The lowest BCUT2D eigenvalue weighted by molar-refractivity contribution is -0.140. The largest absolute Gasteiger partial charge is 0.469 e. The molecule has 0 amide bonds. The van der Waals surface area contributed by atoms with E-state index in [1.165, 1.54) is 7.11 Å². The van der Waals surface area contributed by atoms with Gasteiger partial charge < -0.3 is 20.1 Å². The third-order valence-corrected chi connectivity index (χ3v) is 5.43. The molecule has 1 aliphatic carbocycles. The monoisotopic (exact) mass is 382 g/mol. The van der Waals surface area contributed by atoms with E-state index in [1.807, 2.05) is 18.2 Å². The fourth-order valence-corrected chi connectivity index (χ4v) is 3.68. The first-order valence-corrected chi connectivity index (χ1v) is 10.3. The molecule has 0 unspecified atom stereocenters. The van der Waals surface area contributed by atoms with Crippen LogP contribution in [0.15, 0.2) is 24.3 Å². The Morgan fingerprint density at radius 1 is 1.19 bits per heavy atom. The third-order valence-electron chi connectivity index (χ3n) is 5.43. The number of allylic oxidation sites excluding steroid dienone is 2. The standard InChI is InChI=1S/C22H38O5/c1-4-5-10-14-22(2,26)15-13-18-17(19(23)16-20(18)24)11-8-6-7-9-12-21(25)27-3/h6,8,13,15,17-20,23-24,26H,4-5,7,9-12,14,16H2,1-3H3/b8-6+,15-13?/t17-,18-,19+,20-,22+/m1/s1. The lowest BCUT2D eigenvalue weighted by Gasteiger charge is -2.23. The quantitative estimate of drug-likeness (QED) is 0.273. The maximum Gasteiger partial charge on any atom is 0.305 e. The van der Waals surface area contributed by atoms with Crippen LogP contribution in [0.4, 0.5) is 0 Å². The van der Waals surface area contributed by atoms with Crippen LogP contribution in [-0.2, 0) is 9.53 Å². The lowest BCUT2D eigenvalue weighted by atomic mass is 9.88. The van der Waals surface area contributed by atoms with E-state index in [0.717, 1.165) is 32.1 Å². The van der Waals surface area contributed by atoms with Crippen LogP contribution in [0.3, 0.4) is 0 Å². The summed E-state index contributed by atoms with van der Waals surface area (Å²) in [5.41, 5.74) is -0.878. The molecular weight excluding hydrogens is 344 g/mol. The van der Waals surface area contributed by atoms with Crippen LogP contribution in [0, 0.1) is 11.8 Å². The fourth-order valence-electron chi connectivity index (χ4n) is 3.68. The van der Waals surface area contributed by atoms with Crippen molar-refractivity contribution >= 4 is 5.97 Å². The van der Waals surface area contributed by atoms with Crippen LogP contribution in [0.25, 0.3) is 0 Å². The van der Waals surface area contributed by atoms with Crippen molar-refractivity contribution in [2.75, 3.05) is 7.11 Å². The predicted octanol–water partition coefficient (Wildman–Crippen LogP) is 3.52. The summed E-state index contributed by atoms with van der Waals surface area (Å²) in [7, 11) is 1.39. The first-order valence-electron chi connectivity index (χ1n) is 10.3. The molecule has 0 aromatic carbocycles. The molecule has 0 radical (unpaired) electrons. The zero-order chi connectivity index (χ0) is 20.3. The van der Waals surface area contributed by atoms with Crippen molar-refractivity contribution in [3.8, 4) is 0 Å². The van der Waals surface area contributed by atoms with Gasteiger partial charge in [-0.25, -0.2) is 0 Å². The van der Waals surface area contributed by atoms with Crippen molar-refractivity contribution in [2.24, 2.45) is 11.8 Å². The highest BCUT2D eigenvalue weighted by Crippen LogP contribution is 2.37. The van der Waals surface area contributed by atoms with Crippen LogP contribution in [0.2, 0.25) is 0 Å². The van der Waals surface area contributed by atoms with E-state index in [4.69, 9.17) is 0 Å². The van der Waals surface area contributed by atoms with E-state index in [1.54, 1.807) is 13.0 Å². The van der Waals surface area contributed by atoms with Crippen LogP contribution in [-0.4, -0.2) is 46.2 Å². The first-order chi connectivity index (χ1) is 12.8. The van der Waals surface area contributed by atoms with Gasteiger partial charge >= 0.3 is 5.97 Å². The maximum absolute atomic E-state index is 11.1. The second-order valence-electron chi connectivity index (χ2n) is 7.96. The van der Waals surface area contributed by atoms with Gasteiger partial charge in [-0.2, -0.15) is 0 Å². The van der Waals surface area contributed by atoms with E-state index >= 15 is 0 Å². The topological polar surface area (TPSA) is 87.0 Å². The van der Waals surface area contributed by atoms with Gasteiger partial charge in [0.15, 0.2) is 0 Å². The second-order valence-corrected chi connectivity index (χ2v) is 7.96. The van der Waals surface area contributed by atoms with Gasteiger partial charge in [0.25, 0.3) is 0 Å². The molecule has 27 heavy (non-hydrogen) atoms. The highest BCUT2D eigenvalue weighted by atomic mass is 16.5. The molecule has 0 heterocycles. The number of hydrogen-bond donors (Lipinski definition) is 3. The van der Waals surface area contributed by atoms with Gasteiger partial charge in [0.2, 0.25) is 0 Å². The van der Waals surface area contributed by atoms with E-state index in [2.05, 4.69) is 11.7 Å². The van der Waals surface area contributed by atoms with E-state index < -0.39 is 17.8 Å². The highest BCUT2D eigenvalue weighted by molar-refractivity contribution is 5.69. The molecule has 0 aliphatic heterocycles. The fraction of sp³-hybridized carbons (Fsp3) is 0.773. The Morgan fingerprint density at radius 3 is 2.59 bits per heavy atom. The lowest BCUT2D eigenvalue weighted by Crippen LogP contribution is -2.24. The summed E-state index contributed by atoms with van der Waals surface area (Å²) in [4.78, 5) is 11.1. The van der Waals surface area contributed by atoms with Crippen LogP contribution < -0.4 is 0 Å². The van der Waals surface area contributed by atoms with E-state index in [0.29, 0.717) is 25.7 Å². The van der Waals surface area contributed by atoms with Gasteiger partial charge in [-0.3, -0.25) is 4.79 Å². The predicted molar refractivity (Wildman–Crippen MR) is 107 cm³/mol. The number of rotatable bonds is 12. The van der Waals surface area contributed by atoms with Gasteiger partial charge in [0.1, 0.15) is 0 Å². The molecule has 1 rings (SSSR count). The van der Waals surface area contributed by atoms with E-state index in [-0.39, 0.29) is 17.8 Å². The highest BCUT2D eigenvalue weighted by Gasteiger charge is 2.39. The van der Waals surface area contributed by atoms with Crippen molar-refractivity contribution in [1.29, 1.82) is 0 Å². The smallest absolute Gasteiger partial charge is 0.305 e. The van der Waals surface area contributed by atoms with Gasteiger partial charge in [-0.05, 0) is 38.5 Å². The summed E-state index contributed by atoms with van der Waals surface area (Å²) in [6.07, 6.45) is 13.4. The Morgan fingerprint density at radius 2 is 1.93 bits per heavy atom. The minimum atomic E-state index is -0.878. The normalized spacial score (nSPS) is 28.1. The average Bonchev–Trinajstić information content (AvgIpc) is 2.89. The molecule has 0 spiro atoms. The summed E-state index contributed by atoms with van der Waals surface area (Å²) in [5.74, 6) is -0.411. The molecule has 1 saturated carbocycles. The summed E-state index contributed by atoms with van der Waals surface area (Å²) >= 11 is 0. The second kappa shape index (κ2) is 12.3. The van der Waals surface area contributed by atoms with Gasteiger partial charge in [-0.15, -0.1) is 0 Å². The number of esters is 1. The zero-order valence-electron chi connectivity index (χ0n) is 17.1. The van der Waals surface area contributed by atoms with Crippen LogP contribution in [0.1, 0.15) is 71.6 Å².